The molecule has 184 valence electrons. The number of benzene rings is 5. The molecule has 2 heterocycles. The molecule has 0 fully saturated rings. The van der Waals surface area contributed by atoms with Crippen molar-refractivity contribution in [3.8, 4) is 16.8 Å². The molecule has 38 heavy (non-hydrogen) atoms. The second kappa shape index (κ2) is 7.36. The van der Waals surface area contributed by atoms with E-state index in [0.29, 0.717) is 0 Å². The van der Waals surface area contributed by atoms with E-state index in [4.69, 9.17) is 0 Å². The van der Waals surface area contributed by atoms with Crippen LogP contribution in [0, 0.1) is 0 Å². The highest BCUT2D eigenvalue weighted by molar-refractivity contribution is 7.25. The zero-order valence-electron chi connectivity index (χ0n) is 22.2. The molecule has 5 aromatic carbocycles. The monoisotopic (exact) mass is 507 g/mol. The Hall–Kier alpha value is -3.88. The van der Waals surface area contributed by atoms with Crippen molar-refractivity contribution in [2.45, 2.75) is 38.5 Å². The van der Waals surface area contributed by atoms with Gasteiger partial charge in [0.15, 0.2) is 0 Å². The van der Waals surface area contributed by atoms with Crippen molar-refractivity contribution in [3.63, 3.8) is 0 Å². The largest absolute Gasteiger partial charge is 0.309 e. The average molecular weight is 508 g/mol. The van der Waals surface area contributed by atoms with Crippen LogP contribution in [0.1, 0.15) is 38.8 Å². The average Bonchev–Trinajstić information content (AvgIpc) is 3.47. The quantitative estimate of drug-likeness (QED) is 0.208. The van der Waals surface area contributed by atoms with E-state index in [9.17, 15) is 0 Å². The highest BCUT2D eigenvalue weighted by Gasteiger charge is 2.47. The van der Waals surface area contributed by atoms with Crippen molar-refractivity contribution >= 4 is 53.3 Å². The van der Waals surface area contributed by atoms with Gasteiger partial charge in [0.1, 0.15) is 0 Å². The van der Waals surface area contributed by atoms with Gasteiger partial charge in [-0.25, -0.2) is 0 Å². The molecule has 0 radical (unpaired) electrons. The van der Waals surface area contributed by atoms with E-state index in [1.165, 1.54) is 69.9 Å². The summed E-state index contributed by atoms with van der Waals surface area (Å²) in [6.07, 6.45) is 0. The molecule has 0 bridgehead atoms. The molecule has 0 saturated carbocycles. The van der Waals surface area contributed by atoms with Crippen LogP contribution in [-0.2, 0) is 10.8 Å². The summed E-state index contributed by atoms with van der Waals surface area (Å²) in [5.74, 6) is 0. The first-order chi connectivity index (χ1) is 18.4. The van der Waals surface area contributed by atoms with Gasteiger partial charge in [-0.05, 0) is 64.1 Å². The molecule has 0 unspecified atom stereocenters. The van der Waals surface area contributed by atoms with E-state index in [1.54, 1.807) is 0 Å². The van der Waals surface area contributed by atoms with Crippen molar-refractivity contribution in [2.75, 3.05) is 0 Å². The standard InChI is InChI=1S/C36H29NS/c1-35(2)28-21-22(37-29-14-8-5-11-24(29)25-12-6-9-15-30(25)37)17-18-23(28)26-19-20-32-33(34(26)36(35,3)4)27-13-7-10-16-31(27)38-32/h5-21H,1-4H3. The molecule has 8 rings (SSSR count). The van der Waals surface area contributed by atoms with Gasteiger partial charge in [-0.2, -0.15) is 0 Å². The molecule has 0 N–H and O–H groups in total. The topological polar surface area (TPSA) is 4.93 Å². The molecule has 0 saturated heterocycles. The molecule has 0 atom stereocenters. The zero-order chi connectivity index (χ0) is 25.8. The van der Waals surface area contributed by atoms with Crippen LogP contribution >= 0.6 is 11.3 Å². The SMILES string of the molecule is CC1(C)c2cc(-n3c4ccccc4c4ccccc43)ccc2-c2ccc3sc4ccccc4c3c2C1(C)C. The fourth-order valence-electron chi connectivity index (χ4n) is 6.96. The van der Waals surface area contributed by atoms with E-state index in [2.05, 4.69) is 135 Å². The van der Waals surface area contributed by atoms with Gasteiger partial charge in [0.25, 0.3) is 0 Å². The van der Waals surface area contributed by atoms with E-state index >= 15 is 0 Å². The first-order valence-electron chi connectivity index (χ1n) is 13.5. The van der Waals surface area contributed by atoms with Crippen molar-refractivity contribution in [1.82, 2.24) is 4.57 Å². The lowest BCUT2D eigenvalue weighted by Gasteiger charge is -2.49. The maximum Gasteiger partial charge on any atom is 0.0541 e. The van der Waals surface area contributed by atoms with Crippen LogP contribution in [-0.4, -0.2) is 4.57 Å². The van der Waals surface area contributed by atoms with E-state index in [-0.39, 0.29) is 10.8 Å². The minimum atomic E-state index is -0.0680. The molecular weight excluding hydrogens is 478 g/mol. The lowest BCUT2D eigenvalue weighted by molar-refractivity contribution is 0.301. The van der Waals surface area contributed by atoms with Crippen LogP contribution in [0.3, 0.4) is 0 Å². The lowest BCUT2D eigenvalue weighted by atomic mass is 9.55. The number of rotatable bonds is 1. The summed E-state index contributed by atoms with van der Waals surface area (Å²) in [6, 6.07) is 38.4. The van der Waals surface area contributed by atoms with E-state index in [0.717, 1.165) is 0 Å². The summed E-state index contributed by atoms with van der Waals surface area (Å²) in [5, 5.41) is 5.44. The first-order valence-corrected chi connectivity index (χ1v) is 14.3. The van der Waals surface area contributed by atoms with Gasteiger partial charge in [-0.3, -0.25) is 0 Å². The Morgan fingerprint density at radius 2 is 1.16 bits per heavy atom. The van der Waals surface area contributed by atoms with Crippen LogP contribution in [0.25, 0.3) is 58.8 Å². The van der Waals surface area contributed by atoms with Crippen molar-refractivity contribution in [2.24, 2.45) is 0 Å². The molecule has 0 aliphatic heterocycles. The number of thiophene rings is 1. The smallest absolute Gasteiger partial charge is 0.0541 e. The number of aromatic nitrogens is 1. The Kier molecular flexibility index (Phi) is 4.29. The third kappa shape index (κ3) is 2.66. The van der Waals surface area contributed by atoms with E-state index in [1.807, 2.05) is 11.3 Å². The Balaban J connectivity index is 1.46. The van der Waals surface area contributed by atoms with Crippen LogP contribution < -0.4 is 0 Å². The predicted octanol–water partition coefficient (Wildman–Crippen LogP) is 10.4. The molecule has 7 aromatic rings. The van der Waals surface area contributed by atoms with Gasteiger partial charge in [-0.15, -0.1) is 11.3 Å². The highest BCUT2D eigenvalue weighted by atomic mass is 32.1. The Bertz CT molecular complexity index is 2030. The summed E-state index contributed by atoms with van der Waals surface area (Å²) in [4.78, 5) is 0. The number of hydrogen-bond acceptors (Lipinski definition) is 1. The Morgan fingerprint density at radius 3 is 1.87 bits per heavy atom. The molecular formula is C36H29NS. The zero-order valence-corrected chi connectivity index (χ0v) is 23.0. The molecule has 1 aliphatic carbocycles. The van der Waals surface area contributed by atoms with Crippen LogP contribution in [0.5, 0.6) is 0 Å². The normalized spacial score (nSPS) is 15.8. The maximum absolute atomic E-state index is 2.47. The van der Waals surface area contributed by atoms with Crippen molar-refractivity contribution in [1.29, 1.82) is 0 Å². The fraction of sp³-hybridized carbons (Fsp3) is 0.167. The molecule has 1 aliphatic rings. The van der Waals surface area contributed by atoms with Crippen LogP contribution in [0.4, 0.5) is 0 Å². The number of nitrogens with zero attached hydrogens (tertiary/aromatic N) is 1. The summed E-state index contributed by atoms with van der Waals surface area (Å²) in [7, 11) is 0. The van der Waals surface area contributed by atoms with Gasteiger partial charge >= 0.3 is 0 Å². The lowest BCUT2D eigenvalue weighted by Crippen LogP contribution is -2.43. The highest BCUT2D eigenvalue weighted by Crippen LogP contribution is 2.57. The third-order valence-electron chi connectivity index (χ3n) is 9.54. The second-order valence-corrected chi connectivity index (χ2v) is 12.9. The number of fused-ring (bicyclic) bond motifs is 10. The summed E-state index contributed by atoms with van der Waals surface area (Å²) < 4.78 is 5.20. The third-order valence-corrected chi connectivity index (χ3v) is 10.7. The van der Waals surface area contributed by atoms with Gasteiger partial charge in [0.2, 0.25) is 0 Å². The Labute approximate surface area is 227 Å². The second-order valence-electron chi connectivity index (χ2n) is 11.8. The predicted molar refractivity (Wildman–Crippen MR) is 165 cm³/mol. The van der Waals surface area contributed by atoms with Gasteiger partial charge in [0.05, 0.1) is 11.0 Å². The fourth-order valence-corrected chi connectivity index (χ4v) is 8.08. The summed E-state index contributed by atoms with van der Waals surface area (Å²) in [6.45, 7) is 9.79. The molecule has 2 heteroatoms. The number of hydrogen-bond donors (Lipinski definition) is 0. The maximum atomic E-state index is 2.47. The molecule has 2 aromatic heterocycles. The van der Waals surface area contributed by atoms with Crippen LogP contribution in [0.15, 0.2) is 103 Å². The molecule has 0 spiro atoms. The van der Waals surface area contributed by atoms with E-state index < -0.39 is 0 Å². The van der Waals surface area contributed by atoms with Gasteiger partial charge in [-0.1, -0.05) is 94.4 Å². The Morgan fingerprint density at radius 1 is 0.553 bits per heavy atom. The minimum absolute atomic E-state index is 0.0574. The first kappa shape index (κ1) is 22.1. The van der Waals surface area contributed by atoms with Gasteiger partial charge < -0.3 is 4.57 Å². The molecule has 0 amide bonds. The number of para-hydroxylation sites is 2. The van der Waals surface area contributed by atoms with Crippen molar-refractivity contribution < 1.29 is 0 Å². The van der Waals surface area contributed by atoms with Gasteiger partial charge in [0, 0.05) is 42.0 Å². The van der Waals surface area contributed by atoms with Crippen molar-refractivity contribution in [3.05, 3.63) is 114 Å². The molecule has 1 nitrogen and oxygen atoms in total. The minimum Gasteiger partial charge on any atom is -0.309 e. The summed E-state index contributed by atoms with van der Waals surface area (Å²) >= 11 is 1.92. The summed E-state index contributed by atoms with van der Waals surface area (Å²) in [5.41, 5.74) is 9.29. The van der Waals surface area contributed by atoms with Crippen LogP contribution in [0.2, 0.25) is 0 Å².